The fourth-order valence-corrected chi connectivity index (χ4v) is 1.40. The number of carbonyl (C=O) groups excluding carboxylic acids is 2. The molecule has 1 fully saturated rings. The molecule has 1 aliphatic rings. The number of nitrogens with one attached hydrogen (secondary N) is 1. The van der Waals surface area contributed by atoms with Gasteiger partial charge in [0.2, 0.25) is 0 Å². The third-order valence-electron chi connectivity index (χ3n) is 2.09. The third-order valence-corrected chi connectivity index (χ3v) is 2.09. The molecule has 0 bridgehead atoms. The zero-order valence-corrected chi connectivity index (χ0v) is 7.62. The van der Waals surface area contributed by atoms with Gasteiger partial charge in [-0.25, -0.2) is 0 Å². The number of rotatable bonds is 4. The first-order valence-electron chi connectivity index (χ1n) is 4.59. The zero-order valence-electron chi connectivity index (χ0n) is 7.62. The second-order valence-corrected chi connectivity index (χ2v) is 3.23. The van der Waals surface area contributed by atoms with Crippen molar-refractivity contribution in [3.05, 3.63) is 0 Å². The molecule has 4 nitrogen and oxygen atoms in total. The van der Waals surface area contributed by atoms with Gasteiger partial charge in [0.25, 0.3) is 0 Å². The largest absolute Gasteiger partial charge is 0.359 e. The predicted molar refractivity (Wildman–Crippen MR) is 47.3 cm³/mol. The molecular weight excluding hydrogens is 170 g/mol. The first-order chi connectivity index (χ1) is 6.33. The van der Waals surface area contributed by atoms with Crippen molar-refractivity contribution >= 4 is 12.1 Å². The minimum absolute atomic E-state index is 0.140. The molecule has 1 saturated heterocycles. The van der Waals surface area contributed by atoms with E-state index in [-0.39, 0.29) is 18.4 Å². The SMILES string of the molecule is O=CCCCC1CC(=O)COCN1. The average molecular weight is 185 g/mol. The van der Waals surface area contributed by atoms with E-state index in [2.05, 4.69) is 5.32 Å². The van der Waals surface area contributed by atoms with E-state index in [9.17, 15) is 9.59 Å². The van der Waals surface area contributed by atoms with Gasteiger partial charge in [0.1, 0.15) is 12.9 Å². The Balaban J connectivity index is 2.22. The van der Waals surface area contributed by atoms with E-state index in [1.165, 1.54) is 0 Å². The van der Waals surface area contributed by atoms with Crippen molar-refractivity contribution in [1.29, 1.82) is 0 Å². The number of unbranched alkanes of at least 4 members (excludes halogenated alkanes) is 1. The van der Waals surface area contributed by atoms with E-state index in [1.807, 2.05) is 0 Å². The fourth-order valence-electron chi connectivity index (χ4n) is 1.40. The molecular formula is C9H15NO3. The predicted octanol–water partition coefficient (Wildman–Crippen LogP) is 0.261. The Morgan fingerprint density at radius 2 is 2.46 bits per heavy atom. The van der Waals surface area contributed by atoms with E-state index in [1.54, 1.807) is 0 Å². The normalized spacial score (nSPS) is 24.0. The molecule has 4 heteroatoms. The van der Waals surface area contributed by atoms with Gasteiger partial charge in [-0.15, -0.1) is 0 Å². The molecule has 1 unspecified atom stereocenters. The van der Waals surface area contributed by atoms with Crippen LogP contribution < -0.4 is 5.32 Å². The molecule has 1 heterocycles. The standard InChI is InChI=1S/C9H15NO3/c11-4-2-1-3-8-5-9(12)6-13-7-10-8/h4,8,10H,1-3,5-7H2. The number of hydrogen-bond acceptors (Lipinski definition) is 4. The van der Waals surface area contributed by atoms with Crippen molar-refractivity contribution in [2.24, 2.45) is 0 Å². The lowest BCUT2D eigenvalue weighted by Crippen LogP contribution is -2.29. The summed E-state index contributed by atoms with van der Waals surface area (Å²) in [6, 6.07) is 0.190. The van der Waals surface area contributed by atoms with Crippen LogP contribution in [-0.4, -0.2) is 31.4 Å². The molecule has 0 aliphatic carbocycles. The number of hydrogen-bond donors (Lipinski definition) is 1. The summed E-state index contributed by atoms with van der Waals surface area (Å²) in [4.78, 5) is 21.2. The lowest BCUT2D eigenvalue weighted by molar-refractivity contribution is -0.122. The molecule has 0 aromatic carbocycles. The Hall–Kier alpha value is -0.740. The summed E-state index contributed by atoms with van der Waals surface area (Å²) in [7, 11) is 0. The molecule has 0 aromatic heterocycles. The molecule has 1 aliphatic heterocycles. The van der Waals surface area contributed by atoms with Crippen LogP contribution in [0, 0.1) is 0 Å². The molecule has 13 heavy (non-hydrogen) atoms. The topological polar surface area (TPSA) is 55.4 Å². The van der Waals surface area contributed by atoms with Crippen molar-refractivity contribution in [1.82, 2.24) is 5.32 Å². The van der Waals surface area contributed by atoms with Crippen LogP contribution in [0.25, 0.3) is 0 Å². The summed E-state index contributed by atoms with van der Waals surface area (Å²) in [5, 5.41) is 3.11. The van der Waals surface area contributed by atoms with Crippen LogP contribution in [0.2, 0.25) is 0 Å². The summed E-state index contributed by atoms with van der Waals surface area (Å²) in [6.07, 6.45) is 3.73. The van der Waals surface area contributed by atoms with Gasteiger partial charge in [-0.3, -0.25) is 10.1 Å². The minimum Gasteiger partial charge on any atom is -0.359 e. The number of aldehydes is 1. The number of ketones is 1. The number of Topliss-reactive ketones (excluding diaryl/α,β-unsaturated/α-hetero) is 1. The zero-order chi connectivity index (χ0) is 9.52. The quantitative estimate of drug-likeness (QED) is 0.504. The van der Waals surface area contributed by atoms with Crippen molar-refractivity contribution < 1.29 is 14.3 Å². The van der Waals surface area contributed by atoms with E-state index in [0.717, 1.165) is 19.1 Å². The lowest BCUT2D eigenvalue weighted by Gasteiger charge is -2.12. The van der Waals surface area contributed by atoms with Crippen LogP contribution in [0.5, 0.6) is 0 Å². The van der Waals surface area contributed by atoms with Crippen LogP contribution in [-0.2, 0) is 14.3 Å². The highest BCUT2D eigenvalue weighted by molar-refractivity contribution is 5.80. The summed E-state index contributed by atoms with van der Waals surface area (Å²) < 4.78 is 5.01. The molecule has 74 valence electrons. The van der Waals surface area contributed by atoms with Crippen LogP contribution >= 0.6 is 0 Å². The maximum absolute atomic E-state index is 11.1. The Morgan fingerprint density at radius 1 is 1.62 bits per heavy atom. The van der Waals surface area contributed by atoms with Crippen LogP contribution in [0.15, 0.2) is 0 Å². The van der Waals surface area contributed by atoms with Gasteiger partial charge in [0.15, 0.2) is 5.78 Å². The van der Waals surface area contributed by atoms with Crippen molar-refractivity contribution in [2.75, 3.05) is 13.3 Å². The number of ether oxygens (including phenoxy) is 1. The molecule has 1 N–H and O–H groups in total. The summed E-state index contributed by atoms with van der Waals surface area (Å²) in [6.45, 7) is 0.661. The van der Waals surface area contributed by atoms with Gasteiger partial charge >= 0.3 is 0 Å². The van der Waals surface area contributed by atoms with Crippen LogP contribution in [0.1, 0.15) is 25.7 Å². The van der Waals surface area contributed by atoms with E-state index in [0.29, 0.717) is 19.6 Å². The van der Waals surface area contributed by atoms with Gasteiger partial charge in [-0.1, -0.05) is 0 Å². The molecule has 0 aromatic rings. The van der Waals surface area contributed by atoms with Crippen molar-refractivity contribution in [3.8, 4) is 0 Å². The highest BCUT2D eigenvalue weighted by Gasteiger charge is 2.16. The number of carbonyl (C=O) groups is 2. The summed E-state index contributed by atoms with van der Waals surface area (Å²) in [5.74, 6) is 0.140. The Kier molecular flexibility index (Phi) is 4.64. The monoisotopic (exact) mass is 185 g/mol. The fraction of sp³-hybridized carbons (Fsp3) is 0.778. The van der Waals surface area contributed by atoms with Crippen molar-refractivity contribution in [2.45, 2.75) is 31.7 Å². The van der Waals surface area contributed by atoms with Gasteiger partial charge in [0, 0.05) is 18.9 Å². The van der Waals surface area contributed by atoms with Gasteiger partial charge in [-0.05, 0) is 12.8 Å². The van der Waals surface area contributed by atoms with Gasteiger partial charge in [0.05, 0.1) is 6.73 Å². The Morgan fingerprint density at radius 3 is 3.23 bits per heavy atom. The van der Waals surface area contributed by atoms with E-state index < -0.39 is 0 Å². The lowest BCUT2D eigenvalue weighted by atomic mass is 10.0. The maximum atomic E-state index is 11.1. The Labute approximate surface area is 77.6 Å². The maximum Gasteiger partial charge on any atom is 0.160 e. The molecule has 1 rings (SSSR count). The second kappa shape index (κ2) is 5.83. The molecule has 0 spiro atoms. The second-order valence-electron chi connectivity index (χ2n) is 3.23. The highest BCUT2D eigenvalue weighted by atomic mass is 16.5. The van der Waals surface area contributed by atoms with Crippen LogP contribution in [0.3, 0.4) is 0 Å². The smallest absolute Gasteiger partial charge is 0.160 e. The first kappa shape index (κ1) is 10.3. The molecule has 0 radical (unpaired) electrons. The molecule has 0 amide bonds. The Bertz CT molecular complexity index is 182. The minimum atomic E-state index is 0.140. The summed E-state index contributed by atoms with van der Waals surface area (Å²) >= 11 is 0. The van der Waals surface area contributed by atoms with Crippen molar-refractivity contribution in [3.63, 3.8) is 0 Å². The van der Waals surface area contributed by atoms with Crippen LogP contribution in [0.4, 0.5) is 0 Å². The molecule has 1 atom stereocenters. The third kappa shape index (κ3) is 4.15. The average Bonchev–Trinajstić information content (AvgIpc) is 2.31. The van der Waals surface area contributed by atoms with Gasteiger partial charge < -0.3 is 9.53 Å². The van der Waals surface area contributed by atoms with E-state index >= 15 is 0 Å². The van der Waals surface area contributed by atoms with E-state index in [4.69, 9.17) is 4.74 Å². The summed E-state index contributed by atoms with van der Waals surface area (Å²) in [5.41, 5.74) is 0. The van der Waals surface area contributed by atoms with Gasteiger partial charge in [-0.2, -0.15) is 0 Å². The molecule has 0 saturated carbocycles. The first-order valence-corrected chi connectivity index (χ1v) is 4.59. The highest BCUT2D eigenvalue weighted by Crippen LogP contribution is 2.06.